The van der Waals surface area contributed by atoms with Crippen molar-refractivity contribution < 1.29 is 0 Å². The van der Waals surface area contributed by atoms with Gasteiger partial charge in [-0.05, 0) is 29.8 Å². The zero-order chi connectivity index (χ0) is 17.2. The molecule has 0 aliphatic carbocycles. The molecule has 0 spiro atoms. The van der Waals surface area contributed by atoms with Crippen LogP contribution in [0.5, 0.6) is 0 Å². The van der Waals surface area contributed by atoms with Gasteiger partial charge in [0, 0.05) is 12.0 Å². The lowest BCUT2D eigenvalue weighted by Crippen LogP contribution is -2.24. The summed E-state index contributed by atoms with van der Waals surface area (Å²) in [6, 6.07) is 17.2. The van der Waals surface area contributed by atoms with Crippen molar-refractivity contribution in [3.8, 4) is 16.8 Å². The fourth-order valence-corrected chi connectivity index (χ4v) is 3.05. The molecule has 2 aromatic carbocycles. The summed E-state index contributed by atoms with van der Waals surface area (Å²) >= 11 is 0. The lowest BCUT2D eigenvalue weighted by atomic mass is 10.0. The second kappa shape index (κ2) is 6.28. The van der Waals surface area contributed by atoms with Gasteiger partial charge >= 0.3 is 0 Å². The van der Waals surface area contributed by atoms with Crippen LogP contribution < -0.4 is 5.56 Å². The first-order chi connectivity index (χ1) is 12.3. The fraction of sp³-hybridized carbons (Fsp3) is 0.100. The Bertz CT molecular complexity index is 1090. The molecule has 0 aliphatic rings. The Balaban J connectivity index is 2.11. The zero-order valence-corrected chi connectivity index (χ0v) is 13.8. The number of hydrogen-bond donors (Lipinski definition) is 0. The van der Waals surface area contributed by atoms with Crippen LogP contribution in [-0.2, 0) is 6.42 Å². The van der Waals surface area contributed by atoms with E-state index in [2.05, 4.69) is 10.2 Å². The van der Waals surface area contributed by atoms with E-state index in [1.807, 2.05) is 61.5 Å². The van der Waals surface area contributed by atoms with E-state index >= 15 is 0 Å². The van der Waals surface area contributed by atoms with Gasteiger partial charge in [-0.25, -0.2) is 4.98 Å². The zero-order valence-electron chi connectivity index (χ0n) is 13.8. The van der Waals surface area contributed by atoms with Gasteiger partial charge in [-0.1, -0.05) is 37.3 Å². The number of fused-ring (bicyclic) bond motifs is 1. The average Bonchev–Trinajstić information content (AvgIpc) is 2.68. The molecule has 25 heavy (non-hydrogen) atoms. The van der Waals surface area contributed by atoms with Crippen LogP contribution in [0.15, 0.2) is 71.8 Å². The van der Waals surface area contributed by atoms with Crippen LogP contribution in [0.4, 0.5) is 0 Å². The van der Waals surface area contributed by atoms with Crippen molar-refractivity contribution in [3.05, 3.63) is 83.2 Å². The Morgan fingerprint density at radius 1 is 0.960 bits per heavy atom. The Labute approximate surface area is 144 Å². The number of nitrogens with zero attached hydrogens (tertiary/aromatic N) is 4. The van der Waals surface area contributed by atoms with Crippen molar-refractivity contribution in [1.82, 2.24) is 19.7 Å². The summed E-state index contributed by atoms with van der Waals surface area (Å²) in [6.07, 6.45) is 3.95. The molecular weight excluding hydrogens is 312 g/mol. The van der Waals surface area contributed by atoms with Gasteiger partial charge < -0.3 is 0 Å². The molecule has 0 atom stereocenters. The van der Waals surface area contributed by atoms with Gasteiger partial charge in [-0.2, -0.15) is 10.2 Å². The van der Waals surface area contributed by atoms with Gasteiger partial charge in [0.25, 0.3) is 5.56 Å². The van der Waals surface area contributed by atoms with Crippen LogP contribution in [0.3, 0.4) is 0 Å². The van der Waals surface area contributed by atoms with Crippen molar-refractivity contribution in [2.24, 2.45) is 0 Å². The second-order valence-corrected chi connectivity index (χ2v) is 5.69. The van der Waals surface area contributed by atoms with Crippen molar-refractivity contribution in [3.63, 3.8) is 0 Å². The predicted octanol–water partition coefficient (Wildman–Crippen LogP) is 3.41. The van der Waals surface area contributed by atoms with Crippen LogP contribution in [0.2, 0.25) is 0 Å². The number of rotatable bonds is 3. The molecule has 0 bridgehead atoms. The predicted molar refractivity (Wildman–Crippen MR) is 97.7 cm³/mol. The molecule has 122 valence electrons. The van der Waals surface area contributed by atoms with Crippen LogP contribution in [0.1, 0.15) is 12.7 Å². The van der Waals surface area contributed by atoms with E-state index < -0.39 is 0 Å². The smallest absolute Gasteiger partial charge is 0.266 e. The summed E-state index contributed by atoms with van der Waals surface area (Å²) in [5, 5.41) is 8.34. The molecule has 5 heteroatoms. The molecule has 0 amide bonds. The van der Waals surface area contributed by atoms with Crippen molar-refractivity contribution in [2.45, 2.75) is 13.3 Å². The van der Waals surface area contributed by atoms with E-state index in [0.717, 1.165) is 22.6 Å². The molecule has 0 unspecified atom stereocenters. The van der Waals surface area contributed by atoms with Gasteiger partial charge in [-0.15, -0.1) is 0 Å². The Kier molecular flexibility index (Phi) is 3.82. The van der Waals surface area contributed by atoms with Crippen LogP contribution in [0.25, 0.3) is 27.7 Å². The summed E-state index contributed by atoms with van der Waals surface area (Å²) in [6.45, 7) is 2.00. The normalized spacial score (nSPS) is 10.9. The van der Waals surface area contributed by atoms with Crippen LogP contribution in [-0.4, -0.2) is 19.7 Å². The van der Waals surface area contributed by atoms with E-state index in [1.54, 1.807) is 17.0 Å². The van der Waals surface area contributed by atoms with Crippen molar-refractivity contribution >= 4 is 10.9 Å². The molecule has 4 aromatic rings. The number of hydrogen-bond acceptors (Lipinski definition) is 4. The number of aromatic nitrogens is 4. The minimum Gasteiger partial charge on any atom is -0.268 e. The maximum atomic E-state index is 13.4. The summed E-state index contributed by atoms with van der Waals surface area (Å²) in [7, 11) is 0. The van der Waals surface area contributed by atoms with Gasteiger partial charge in [0.05, 0.1) is 29.0 Å². The minimum absolute atomic E-state index is 0.0690. The number of para-hydroxylation sites is 1. The Hall–Kier alpha value is -3.34. The van der Waals surface area contributed by atoms with Gasteiger partial charge in [-0.3, -0.25) is 9.36 Å². The number of benzene rings is 2. The third-order valence-corrected chi connectivity index (χ3v) is 4.19. The third-order valence-electron chi connectivity index (χ3n) is 4.19. The van der Waals surface area contributed by atoms with Gasteiger partial charge in [0.2, 0.25) is 0 Å². The average molecular weight is 328 g/mol. The highest BCUT2D eigenvalue weighted by molar-refractivity contribution is 5.94. The van der Waals surface area contributed by atoms with E-state index in [4.69, 9.17) is 4.98 Å². The molecule has 0 fully saturated rings. The molecular formula is C20H16N4O. The largest absolute Gasteiger partial charge is 0.268 e. The van der Waals surface area contributed by atoms with Gasteiger partial charge in [0.15, 0.2) is 0 Å². The first-order valence-electron chi connectivity index (χ1n) is 8.16. The maximum Gasteiger partial charge on any atom is 0.266 e. The molecule has 2 aromatic heterocycles. The highest BCUT2D eigenvalue weighted by Crippen LogP contribution is 2.25. The standard InChI is InChI=1S/C20H16N4O/c1-2-18-23-17-10-6-9-16(14-11-12-21-22-13-14)19(17)20(25)24(18)15-7-4-3-5-8-15/h3-13H,2H2,1H3. The molecule has 0 saturated carbocycles. The topological polar surface area (TPSA) is 60.7 Å². The molecule has 0 N–H and O–H groups in total. The maximum absolute atomic E-state index is 13.4. The van der Waals surface area contributed by atoms with E-state index in [1.165, 1.54) is 0 Å². The summed E-state index contributed by atoms with van der Waals surface area (Å²) in [5.41, 5.74) is 3.12. The Morgan fingerprint density at radius 2 is 1.80 bits per heavy atom. The van der Waals surface area contributed by atoms with Crippen molar-refractivity contribution in [1.29, 1.82) is 0 Å². The Morgan fingerprint density at radius 3 is 2.52 bits per heavy atom. The van der Waals surface area contributed by atoms with Gasteiger partial charge in [0.1, 0.15) is 5.82 Å². The van der Waals surface area contributed by atoms with Crippen LogP contribution >= 0.6 is 0 Å². The molecule has 0 saturated heterocycles. The van der Waals surface area contributed by atoms with Crippen LogP contribution in [0, 0.1) is 0 Å². The minimum atomic E-state index is -0.0690. The SMILES string of the molecule is CCc1nc2cccc(-c3ccnnc3)c2c(=O)n1-c1ccccc1. The molecule has 5 nitrogen and oxygen atoms in total. The van der Waals surface area contributed by atoms with Crippen molar-refractivity contribution in [2.75, 3.05) is 0 Å². The molecule has 0 radical (unpaired) electrons. The molecule has 2 heterocycles. The second-order valence-electron chi connectivity index (χ2n) is 5.69. The first kappa shape index (κ1) is 15.2. The monoisotopic (exact) mass is 328 g/mol. The number of aryl methyl sites for hydroxylation is 1. The lowest BCUT2D eigenvalue weighted by Gasteiger charge is -2.14. The first-order valence-corrected chi connectivity index (χ1v) is 8.16. The highest BCUT2D eigenvalue weighted by Gasteiger charge is 2.15. The fourth-order valence-electron chi connectivity index (χ4n) is 3.05. The molecule has 0 aliphatic heterocycles. The third kappa shape index (κ3) is 2.59. The summed E-state index contributed by atoms with van der Waals surface area (Å²) in [4.78, 5) is 18.1. The van der Waals surface area contributed by atoms with E-state index in [-0.39, 0.29) is 5.56 Å². The highest BCUT2D eigenvalue weighted by atomic mass is 16.1. The van der Waals surface area contributed by atoms with E-state index in [0.29, 0.717) is 17.3 Å². The lowest BCUT2D eigenvalue weighted by molar-refractivity contribution is 0.833. The summed E-state index contributed by atoms with van der Waals surface area (Å²) in [5.74, 6) is 0.744. The molecule has 4 rings (SSSR count). The van der Waals surface area contributed by atoms with E-state index in [9.17, 15) is 4.79 Å². The quantitative estimate of drug-likeness (QED) is 0.578. The summed E-state index contributed by atoms with van der Waals surface area (Å²) < 4.78 is 1.69.